The molecule has 182 valence electrons. The van der Waals surface area contributed by atoms with Crippen molar-refractivity contribution < 1.29 is 9.47 Å². The van der Waals surface area contributed by atoms with Crippen molar-refractivity contribution in [2.45, 2.75) is 51.4 Å². The number of nitrogens with one attached hydrogen (secondary N) is 2. The smallest absolute Gasteiger partial charge is 0.191 e. The number of benzene rings is 2. The Bertz CT molecular complexity index is 834. The van der Waals surface area contributed by atoms with Crippen molar-refractivity contribution in [3.63, 3.8) is 0 Å². The van der Waals surface area contributed by atoms with Crippen LogP contribution in [0.2, 0.25) is 0 Å². The molecule has 0 bridgehead atoms. The molecule has 2 N–H and O–H groups in total. The average molecular weight is 567 g/mol. The quantitative estimate of drug-likeness (QED) is 0.193. The number of rotatable bonds is 10. The lowest BCUT2D eigenvalue weighted by atomic mass is 9.97. The molecule has 1 saturated heterocycles. The lowest BCUT2D eigenvalue weighted by Crippen LogP contribution is -2.51. The minimum atomic E-state index is 0. The zero-order valence-corrected chi connectivity index (χ0v) is 22.5. The first-order chi connectivity index (χ1) is 15.7. The van der Waals surface area contributed by atoms with Crippen LogP contribution >= 0.6 is 24.0 Å². The molecule has 1 aliphatic rings. The molecule has 2 aromatic carbocycles. The van der Waals surface area contributed by atoms with Gasteiger partial charge in [-0.05, 0) is 43.0 Å². The van der Waals surface area contributed by atoms with Crippen LogP contribution in [0.5, 0.6) is 5.75 Å². The van der Waals surface area contributed by atoms with E-state index in [1.54, 1.807) is 7.11 Å². The van der Waals surface area contributed by atoms with Gasteiger partial charge in [0, 0.05) is 58.9 Å². The predicted molar refractivity (Wildman–Crippen MR) is 147 cm³/mol. The maximum Gasteiger partial charge on any atom is 0.191 e. The van der Waals surface area contributed by atoms with Crippen molar-refractivity contribution in [1.29, 1.82) is 0 Å². The van der Waals surface area contributed by atoms with E-state index in [9.17, 15) is 0 Å². The molecule has 0 amide bonds. The molecule has 7 heteroatoms. The Morgan fingerprint density at radius 1 is 1.09 bits per heavy atom. The van der Waals surface area contributed by atoms with Crippen LogP contribution in [0.25, 0.3) is 0 Å². The Labute approximate surface area is 216 Å². The highest BCUT2D eigenvalue weighted by Crippen LogP contribution is 2.20. The molecular weight excluding hydrogens is 527 g/mol. The monoisotopic (exact) mass is 566 g/mol. The summed E-state index contributed by atoms with van der Waals surface area (Å²) in [6.45, 7) is 6.52. The van der Waals surface area contributed by atoms with E-state index in [0.717, 1.165) is 44.1 Å². The molecule has 33 heavy (non-hydrogen) atoms. The third-order valence-corrected chi connectivity index (χ3v) is 5.93. The first-order valence-corrected chi connectivity index (χ1v) is 11.6. The van der Waals surface area contributed by atoms with Crippen LogP contribution in [-0.4, -0.2) is 56.9 Å². The van der Waals surface area contributed by atoms with Crippen LogP contribution in [0.4, 0.5) is 0 Å². The molecule has 0 spiro atoms. The minimum Gasteiger partial charge on any atom is -0.493 e. The first-order valence-electron chi connectivity index (χ1n) is 11.6. The van der Waals surface area contributed by atoms with Gasteiger partial charge in [0.25, 0.3) is 0 Å². The number of ether oxygens (including phenoxy) is 2. The van der Waals surface area contributed by atoms with Gasteiger partial charge in [0.1, 0.15) is 5.75 Å². The molecule has 0 aliphatic carbocycles. The number of hydrogen-bond donors (Lipinski definition) is 2. The molecule has 3 rings (SSSR count). The Hall–Kier alpha value is -1.84. The zero-order chi connectivity index (χ0) is 22.6. The Balaban J connectivity index is 0.00000385. The van der Waals surface area contributed by atoms with Crippen LogP contribution in [-0.2, 0) is 17.8 Å². The molecule has 0 saturated carbocycles. The van der Waals surface area contributed by atoms with Crippen LogP contribution in [0.3, 0.4) is 0 Å². The lowest BCUT2D eigenvalue weighted by Gasteiger charge is -2.38. The highest BCUT2D eigenvalue weighted by molar-refractivity contribution is 14.0. The van der Waals surface area contributed by atoms with Gasteiger partial charge in [0.05, 0.1) is 6.61 Å². The Kier molecular flexibility index (Phi) is 12.6. The molecule has 2 aromatic rings. The molecule has 1 aliphatic heterocycles. The topological polar surface area (TPSA) is 58.1 Å². The summed E-state index contributed by atoms with van der Waals surface area (Å²) in [6.07, 6.45) is 3.11. The van der Waals surface area contributed by atoms with Gasteiger partial charge in [0.2, 0.25) is 0 Å². The Morgan fingerprint density at radius 3 is 2.61 bits per heavy atom. The first kappa shape index (κ1) is 27.4. The summed E-state index contributed by atoms with van der Waals surface area (Å²) < 4.78 is 10.9. The number of halogens is 1. The average Bonchev–Trinajstić information content (AvgIpc) is 2.82. The number of aliphatic imine (C=N–C) groups is 1. The summed E-state index contributed by atoms with van der Waals surface area (Å²) in [4.78, 5) is 7.01. The van der Waals surface area contributed by atoms with Crippen molar-refractivity contribution in [2.24, 2.45) is 4.99 Å². The normalized spacial score (nSPS) is 18.9. The summed E-state index contributed by atoms with van der Waals surface area (Å²) in [5.74, 6) is 1.74. The molecular formula is C26H39IN4O2. The second kappa shape index (κ2) is 15.1. The van der Waals surface area contributed by atoms with Gasteiger partial charge in [-0.1, -0.05) is 42.5 Å². The Morgan fingerprint density at radius 2 is 1.88 bits per heavy atom. The van der Waals surface area contributed by atoms with Crippen molar-refractivity contribution in [1.82, 2.24) is 15.5 Å². The van der Waals surface area contributed by atoms with Crippen molar-refractivity contribution in [2.75, 3.05) is 33.9 Å². The maximum atomic E-state index is 5.81. The van der Waals surface area contributed by atoms with Gasteiger partial charge in [-0.3, -0.25) is 9.89 Å². The van der Waals surface area contributed by atoms with Crippen LogP contribution < -0.4 is 15.4 Å². The van der Waals surface area contributed by atoms with E-state index in [1.807, 2.05) is 19.2 Å². The standard InChI is InChI=1S/C26H38N4O2.HI/c1-21-17-24(13-14-30(21)20-22-9-5-4-6-10-22)29-26(27-2)28-19-23-11-7-12-25(18-23)32-16-8-15-31-3;/h4-7,9-12,18,21,24H,8,13-17,19-20H2,1-3H3,(H2,27,28,29);1H. The van der Waals surface area contributed by atoms with Crippen molar-refractivity contribution >= 4 is 29.9 Å². The summed E-state index contributed by atoms with van der Waals surface area (Å²) in [5, 5.41) is 7.07. The van der Waals surface area contributed by atoms with Gasteiger partial charge in [-0.2, -0.15) is 0 Å². The predicted octanol–water partition coefficient (Wildman–Crippen LogP) is 4.44. The number of piperidine rings is 1. The molecule has 6 nitrogen and oxygen atoms in total. The van der Waals surface area contributed by atoms with Crippen molar-refractivity contribution in [3.8, 4) is 5.75 Å². The van der Waals surface area contributed by atoms with Gasteiger partial charge < -0.3 is 20.1 Å². The van der Waals surface area contributed by atoms with Crippen LogP contribution in [0.15, 0.2) is 59.6 Å². The van der Waals surface area contributed by atoms with E-state index in [1.165, 1.54) is 11.1 Å². The van der Waals surface area contributed by atoms with E-state index in [0.29, 0.717) is 31.8 Å². The van der Waals surface area contributed by atoms with E-state index >= 15 is 0 Å². The van der Waals surface area contributed by atoms with E-state index in [4.69, 9.17) is 9.47 Å². The number of likely N-dealkylation sites (tertiary alicyclic amines) is 1. The zero-order valence-electron chi connectivity index (χ0n) is 20.1. The number of hydrogen-bond acceptors (Lipinski definition) is 4. The SMILES string of the molecule is CN=C(NCc1cccc(OCCCOC)c1)NC1CCN(Cc2ccccc2)C(C)C1.I. The number of guanidine groups is 1. The molecule has 1 fully saturated rings. The third kappa shape index (κ3) is 9.51. The van der Waals surface area contributed by atoms with Gasteiger partial charge in [0.15, 0.2) is 5.96 Å². The summed E-state index contributed by atoms with van der Waals surface area (Å²) in [6, 6.07) is 19.9. The highest BCUT2D eigenvalue weighted by atomic mass is 127. The van der Waals surface area contributed by atoms with E-state index in [2.05, 4.69) is 69.9 Å². The summed E-state index contributed by atoms with van der Waals surface area (Å²) in [5.41, 5.74) is 2.55. The summed E-state index contributed by atoms with van der Waals surface area (Å²) >= 11 is 0. The van der Waals surface area contributed by atoms with Gasteiger partial charge in [-0.15, -0.1) is 24.0 Å². The third-order valence-electron chi connectivity index (χ3n) is 5.93. The molecule has 2 atom stereocenters. The maximum absolute atomic E-state index is 5.81. The fraction of sp³-hybridized carbons (Fsp3) is 0.500. The van der Waals surface area contributed by atoms with Crippen LogP contribution in [0, 0.1) is 0 Å². The van der Waals surface area contributed by atoms with Gasteiger partial charge in [-0.25, -0.2) is 0 Å². The fourth-order valence-corrected chi connectivity index (χ4v) is 4.12. The van der Waals surface area contributed by atoms with Gasteiger partial charge >= 0.3 is 0 Å². The number of methoxy groups -OCH3 is 1. The number of nitrogens with zero attached hydrogens (tertiary/aromatic N) is 2. The molecule has 2 unspecified atom stereocenters. The largest absolute Gasteiger partial charge is 0.493 e. The molecule has 0 aromatic heterocycles. The second-order valence-corrected chi connectivity index (χ2v) is 8.44. The molecule has 1 heterocycles. The molecule has 0 radical (unpaired) electrons. The summed E-state index contributed by atoms with van der Waals surface area (Å²) in [7, 11) is 3.54. The highest BCUT2D eigenvalue weighted by Gasteiger charge is 2.25. The minimum absolute atomic E-state index is 0. The lowest BCUT2D eigenvalue weighted by molar-refractivity contribution is 0.134. The fourth-order valence-electron chi connectivity index (χ4n) is 4.12. The van der Waals surface area contributed by atoms with E-state index < -0.39 is 0 Å². The van der Waals surface area contributed by atoms with E-state index in [-0.39, 0.29) is 24.0 Å². The van der Waals surface area contributed by atoms with Crippen molar-refractivity contribution in [3.05, 3.63) is 65.7 Å². The van der Waals surface area contributed by atoms with Crippen LogP contribution in [0.1, 0.15) is 37.3 Å². The second-order valence-electron chi connectivity index (χ2n) is 8.44.